The lowest BCUT2D eigenvalue weighted by atomic mass is 10.4. The Morgan fingerprint density at radius 3 is 2.33 bits per heavy atom. The Morgan fingerprint density at radius 1 is 1.20 bits per heavy atom. The zero-order valence-electron chi connectivity index (χ0n) is 8.96. The first-order valence-corrected chi connectivity index (χ1v) is 5.07. The predicted molar refractivity (Wildman–Crippen MR) is 60.5 cm³/mol. The summed E-state index contributed by atoms with van der Waals surface area (Å²) in [4.78, 5) is 21.5. The Labute approximate surface area is 94.6 Å². The fourth-order valence-corrected chi connectivity index (χ4v) is 0.858. The number of ether oxygens (including phenoxy) is 1. The van der Waals surface area contributed by atoms with Gasteiger partial charge in [-0.3, -0.25) is 9.59 Å². The van der Waals surface area contributed by atoms with Crippen molar-refractivity contribution in [2.24, 2.45) is 0 Å². The van der Waals surface area contributed by atoms with E-state index in [1.165, 1.54) is 6.92 Å². The van der Waals surface area contributed by atoms with Gasteiger partial charge in [0.15, 0.2) is 11.7 Å². The van der Waals surface area contributed by atoms with Gasteiger partial charge in [0.05, 0.1) is 0 Å². The summed E-state index contributed by atoms with van der Waals surface area (Å²) in [5.41, 5.74) is 0. The Kier molecular flexibility index (Phi) is 7.53. The highest BCUT2D eigenvalue weighted by Crippen LogP contribution is 1.81. The molecule has 0 aliphatic rings. The second-order valence-corrected chi connectivity index (χ2v) is 3.54. The van der Waals surface area contributed by atoms with Crippen molar-refractivity contribution in [2.75, 3.05) is 19.7 Å². The number of hydrogen-bond donors (Lipinski definition) is 2. The van der Waals surface area contributed by atoms with E-state index >= 15 is 0 Å². The molecule has 0 fully saturated rings. The molecule has 0 heterocycles. The van der Waals surface area contributed by atoms with Crippen molar-refractivity contribution in [2.45, 2.75) is 20.3 Å². The number of thiocarbonyl (C=S) groups is 1. The van der Waals surface area contributed by atoms with Crippen LogP contribution in [0, 0.1) is 0 Å². The van der Waals surface area contributed by atoms with Crippen LogP contribution in [0.1, 0.15) is 20.3 Å². The van der Waals surface area contributed by atoms with E-state index in [2.05, 4.69) is 22.9 Å². The van der Waals surface area contributed by atoms with Crippen molar-refractivity contribution in [1.29, 1.82) is 0 Å². The third-order valence-corrected chi connectivity index (χ3v) is 1.57. The molecule has 0 aromatic carbocycles. The van der Waals surface area contributed by atoms with E-state index in [0.717, 1.165) is 0 Å². The highest BCUT2D eigenvalue weighted by molar-refractivity contribution is 7.80. The highest BCUT2D eigenvalue weighted by Gasteiger charge is 2.00. The van der Waals surface area contributed by atoms with Gasteiger partial charge >= 0.3 is 0 Å². The minimum absolute atomic E-state index is 0.0462. The summed E-state index contributed by atoms with van der Waals surface area (Å²) in [5.74, 6) is -0.275. The maximum Gasteiger partial charge on any atom is 0.257 e. The Balaban J connectivity index is 3.31. The molecule has 0 aliphatic heterocycles. The molecule has 15 heavy (non-hydrogen) atoms. The van der Waals surface area contributed by atoms with Gasteiger partial charge in [-0.2, -0.15) is 0 Å². The lowest BCUT2D eigenvalue weighted by Crippen LogP contribution is -2.31. The fourth-order valence-electron chi connectivity index (χ4n) is 0.799. The van der Waals surface area contributed by atoms with E-state index in [-0.39, 0.29) is 18.4 Å². The van der Waals surface area contributed by atoms with Crippen molar-refractivity contribution in [3.05, 3.63) is 0 Å². The number of carbonyl (C=O) groups excluding carboxylic acids is 2. The van der Waals surface area contributed by atoms with Gasteiger partial charge < -0.3 is 15.4 Å². The van der Waals surface area contributed by atoms with Crippen molar-refractivity contribution in [3.8, 4) is 0 Å². The molecule has 0 rings (SSSR count). The summed E-state index contributed by atoms with van der Waals surface area (Å²) in [6.45, 7) is 4.09. The third kappa shape index (κ3) is 10.8. The molecule has 5 nitrogen and oxygen atoms in total. The van der Waals surface area contributed by atoms with E-state index in [0.29, 0.717) is 24.6 Å². The smallest absolute Gasteiger partial charge is 0.257 e. The number of rotatable bonds is 6. The Hall–Kier alpha value is -1.17. The number of amides is 2. The maximum atomic E-state index is 11.1. The van der Waals surface area contributed by atoms with E-state index < -0.39 is 0 Å². The van der Waals surface area contributed by atoms with Gasteiger partial charge in [0.2, 0.25) is 5.91 Å². The van der Waals surface area contributed by atoms with Crippen LogP contribution in [0.15, 0.2) is 0 Å². The maximum absolute atomic E-state index is 11.1. The van der Waals surface area contributed by atoms with Crippen LogP contribution in [0.3, 0.4) is 0 Å². The van der Waals surface area contributed by atoms with Gasteiger partial charge in [-0.1, -0.05) is 0 Å². The van der Waals surface area contributed by atoms with E-state index in [9.17, 15) is 9.59 Å². The number of nitrogens with one attached hydrogen (secondary N) is 2. The first kappa shape index (κ1) is 13.8. The molecule has 2 amide bonds. The average molecular weight is 232 g/mol. The van der Waals surface area contributed by atoms with Crippen molar-refractivity contribution in [3.63, 3.8) is 0 Å². The third-order valence-electron chi connectivity index (χ3n) is 1.46. The lowest BCUT2D eigenvalue weighted by molar-refractivity contribution is -0.123. The lowest BCUT2D eigenvalue weighted by Gasteiger charge is -2.06. The molecule has 0 saturated carbocycles. The van der Waals surface area contributed by atoms with Crippen LogP contribution in [0.2, 0.25) is 0 Å². The van der Waals surface area contributed by atoms with E-state index in [1.54, 1.807) is 6.92 Å². The minimum Gasteiger partial charge on any atom is -0.478 e. The summed E-state index contributed by atoms with van der Waals surface area (Å²) >= 11 is 4.65. The zero-order valence-corrected chi connectivity index (χ0v) is 9.78. The zero-order chi connectivity index (χ0) is 11.7. The summed E-state index contributed by atoms with van der Waals surface area (Å²) in [6.07, 6.45) is 0.696. The van der Waals surface area contributed by atoms with Gasteiger partial charge in [0.25, 0.3) is 5.91 Å². The molecule has 0 aromatic rings. The van der Waals surface area contributed by atoms with Crippen LogP contribution in [-0.4, -0.2) is 36.6 Å². The van der Waals surface area contributed by atoms with Crippen LogP contribution in [0.5, 0.6) is 0 Å². The van der Waals surface area contributed by atoms with Crippen LogP contribution >= 0.6 is 12.2 Å². The number of carbonyl (C=O) groups is 2. The van der Waals surface area contributed by atoms with Crippen LogP contribution in [0.4, 0.5) is 0 Å². The predicted octanol–water partition coefficient (Wildman–Crippen LogP) is -0.00730. The SMILES string of the molecule is CC(=O)NCCCNC(=O)COC(C)=S. The molecule has 0 bridgehead atoms. The summed E-state index contributed by atoms with van der Waals surface area (Å²) < 4.78 is 4.85. The highest BCUT2D eigenvalue weighted by atomic mass is 32.1. The first-order valence-electron chi connectivity index (χ1n) is 4.67. The first-order chi connectivity index (χ1) is 7.02. The topological polar surface area (TPSA) is 67.4 Å². The van der Waals surface area contributed by atoms with Gasteiger partial charge in [-0.25, -0.2) is 0 Å². The molecular weight excluding hydrogens is 216 g/mol. The van der Waals surface area contributed by atoms with Gasteiger partial charge in [0.1, 0.15) is 0 Å². The normalized spacial score (nSPS) is 9.20. The monoisotopic (exact) mass is 232 g/mol. The fraction of sp³-hybridized carbons (Fsp3) is 0.667. The summed E-state index contributed by atoms with van der Waals surface area (Å²) in [5, 5.41) is 5.61. The van der Waals surface area contributed by atoms with Crippen molar-refractivity contribution < 1.29 is 14.3 Å². The van der Waals surface area contributed by atoms with Gasteiger partial charge in [-0.05, 0) is 18.6 Å². The summed E-state index contributed by atoms with van der Waals surface area (Å²) in [6, 6.07) is 0. The second-order valence-electron chi connectivity index (χ2n) is 2.97. The summed E-state index contributed by atoms with van der Waals surface area (Å²) in [7, 11) is 0. The quantitative estimate of drug-likeness (QED) is 0.499. The van der Waals surface area contributed by atoms with Crippen LogP contribution < -0.4 is 10.6 Å². The Morgan fingerprint density at radius 2 is 1.80 bits per heavy atom. The molecule has 0 spiro atoms. The largest absolute Gasteiger partial charge is 0.478 e. The molecule has 6 heteroatoms. The molecule has 0 aliphatic carbocycles. The molecular formula is C9H16N2O3S. The van der Waals surface area contributed by atoms with Crippen molar-refractivity contribution in [1.82, 2.24) is 10.6 Å². The van der Waals surface area contributed by atoms with E-state index in [1.807, 2.05) is 0 Å². The minimum atomic E-state index is -0.206. The van der Waals surface area contributed by atoms with Crippen LogP contribution in [0.25, 0.3) is 0 Å². The molecule has 0 saturated heterocycles. The molecule has 86 valence electrons. The standard InChI is InChI=1S/C9H16N2O3S/c1-7(12)10-4-3-5-11-9(13)6-14-8(2)15/h3-6H2,1-2H3,(H,10,12)(H,11,13). The molecule has 0 aromatic heterocycles. The molecule has 0 atom stereocenters. The van der Waals surface area contributed by atoms with Crippen LogP contribution in [-0.2, 0) is 14.3 Å². The molecule has 2 N–H and O–H groups in total. The number of hydrogen-bond acceptors (Lipinski definition) is 4. The Bertz CT molecular complexity index is 244. The van der Waals surface area contributed by atoms with Gasteiger partial charge in [0, 0.05) is 26.9 Å². The second kappa shape index (κ2) is 8.16. The van der Waals surface area contributed by atoms with E-state index in [4.69, 9.17) is 4.74 Å². The van der Waals surface area contributed by atoms with Crippen molar-refractivity contribution >= 4 is 29.1 Å². The molecule has 0 radical (unpaired) electrons. The van der Waals surface area contributed by atoms with Gasteiger partial charge in [-0.15, -0.1) is 0 Å². The molecule has 0 unspecified atom stereocenters. The average Bonchev–Trinajstić information content (AvgIpc) is 2.13.